The van der Waals surface area contributed by atoms with Crippen molar-refractivity contribution in [3.8, 4) is 11.5 Å². The fraction of sp³-hybridized carbons (Fsp3) is 0.312. The molecule has 1 heterocycles. The van der Waals surface area contributed by atoms with Crippen LogP contribution in [0.5, 0.6) is 11.5 Å². The monoisotopic (exact) mass is 396 g/mol. The number of carbonyl (C=O) groups excluding carboxylic acids is 3. The van der Waals surface area contributed by atoms with Gasteiger partial charge in [-0.1, -0.05) is 0 Å². The third-order valence-corrected chi connectivity index (χ3v) is 4.51. The highest BCUT2D eigenvalue weighted by Gasteiger charge is 2.41. The molecule has 10 nitrogen and oxygen atoms in total. The number of amides is 2. The molecule has 27 heavy (non-hydrogen) atoms. The predicted molar refractivity (Wildman–Crippen MR) is 95.2 cm³/mol. The van der Waals surface area contributed by atoms with Crippen LogP contribution in [0, 0.1) is 10.1 Å². The Morgan fingerprint density at radius 1 is 1.44 bits per heavy atom. The molecule has 0 aromatic heterocycles. The summed E-state index contributed by atoms with van der Waals surface area (Å²) in [5, 5.41) is 20.4. The number of phenolic OH excluding ortho intramolecular Hbond substituents is 1. The van der Waals surface area contributed by atoms with Crippen LogP contribution in [0.2, 0.25) is 0 Å². The number of benzene rings is 1. The average Bonchev–Trinajstić information content (AvgIpc) is 2.89. The van der Waals surface area contributed by atoms with Crippen molar-refractivity contribution in [2.45, 2.75) is 19.9 Å². The topological polar surface area (TPSA) is 136 Å². The zero-order valence-corrected chi connectivity index (χ0v) is 15.4. The summed E-state index contributed by atoms with van der Waals surface area (Å²) < 4.78 is 9.71. The molecule has 0 aliphatic carbocycles. The van der Waals surface area contributed by atoms with Crippen LogP contribution in [0.25, 0.3) is 6.08 Å². The van der Waals surface area contributed by atoms with Gasteiger partial charge in [-0.25, -0.2) is 4.79 Å². The lowest BCUT2D eigenvalue weighted by molar-refractivity contribution is -0.386. The van der Waals surface area contributed by atoms with Crippen LogP contribution in [0.1, 0.15) is 19.4 Å². The zero-order chi connectivity index (χ0) is 20.3. The lowest BCUT2D eigenvalue weighted by atomic mass is 10.1. The Labute approximate surface area is 157 Å². The molecule has 1 aliphatic rings. The molecule has 1 N–H and O–H groups in total. The van der Waals surface area contributed by atoms with E-state index in [4.69, 9.17) is 4.74 Å². The third kappa shape index (κ3) is 4.03. The Kier molecular flexibility index (Phi) is 6.05. The van der Waals surface area contributed by atoms with Crippen molar-refractivity contribution < 1.29 is 33.9 Å². The predicted octanol–water partition coefficient (Wildman–Crippen LogP) is 2.30. The van der Waals surface area contributed by atoms with Crippen LogP contribution in [0.15, 0.2) is 17.0 Å². The van der Waals surface area contributed by atoms with Crippen molar-refractivity contribution in [1.29, 1.82) is 0 Å². The van der Waals surface area contributed by atoms with Crippen LogP contribution in [-0.4, -0.2) is 51.8 Å². The van der Waals surface area contributed by atoms with Gasteiger partial charge in [0.25, 0.3) is 11.1 Å². The number of phenols is 1. The summed E-state index contributed by atoms with van der Waals surface area (Å²) in [7, 11) is 1.14. The van der Waals surface area contributed by atoms with E-state index in [1.165, 1.54) is 19.1 Å². The van der Waals surface area contributed by atoms with Gasteiger partial charge in [0.2, 0.25) is 5.75 Å². The van der Waals surface area contributed by atoms with Gasteiger partial charge in [0.05, 0.1) is 23.5 Å². The Hall–Kier alpha value is -3.08. The largest absolute Gasteiger partial charge is 0.500 e. The van der Waals surface area contributed by atoms with Crippen LogP contribution < -0.4 is 4.74 Å². The Morgan fingerprint density at radius 3 is 2.67 bits per heavy atom. The van der Waals surface area contributed by atoms with Crippen molar-refractivity contribution >= 4 is 40.6 Å². The number of nitro groups is 1. The molecular weight excluding hydrogens is 380 g/mol. The van der Waals surface area contributed by atoms with E-state index in [9.17, 15) is 29.6 Å². The number of hydrogen-bond acceptors (Lipinski definition) is 9. The van der Waals surface area contributed by atoms with Gasteiger partial charge < -0.3 is 14.6 Å². The van der Waals surface area contributed by atoms with Crippen molar-refractivity contribution in [3.05, 3.63) is 32.7 Å². The highest BCUT2D eigenvalue weighted by Crippen LogP contribution is 2.39. The molecule has 1 fully saturated rings. The summed E-state index contributed by atoms with van der Waals surface area (Å²) in [6.07, 6.45) is 1.25. The van der Waals surface area contributed by atoms with Crippen LogP contribution in [-0.2, 0) is 14.3 Å². The Balaban J connectivity index is 2.44. The molecular formula is C16H16N2O8S. The van der Waals surface area contributed by atoms with E-state index in [1.807, 2.05) is 0 Å². The van der Waals surface area contributed by atoms with Gasteiger partial charge in [0.1, 0.15) is 6.04 Å². The second-order valence-corrected chi connectivity index (χ2v) is 6.32. The maximum absolute atomic E-state index is 12.5. The van der Waals surface area contributed by atoms with Gasteiger partial charge in [-0.2, -0.15) is 0 Å². The molecule has 1 saturated heterocycles. The minimum absolute atomic E-state index is 0.0295. The Bertz CT molecular complexity index is 851. The number of nitrogens with zero attached hydrogens (tertiary/aromatic N) is 2. The quantitative estimate of drug-likeness (QED) is 0.332. The van der Waals surface area contributed by atoms with Crippen molar-refractivity contribution in [3.63, 3.8) is 0 Å². The number of rotatable bonds is 6. The number of ether oxygens (including phenoxy) is 2. The fourth-order valence-electron chi connectivity index (χ4n) is 2.34. The molecule has 2 rings (SSSR count). The molecule has 144 valence electrons. The van der Waals surface area contributed by atoms with Crippen molar-refractivity contribution in [2.75, 3.05) is 13.7 Å². The SMILES string of the molecule is CCOc1cc(C=C2SC(=O)N(C(C)C(=O)OC)C2=O)cc([N+](=O)[O-])c1O. The number of esters is 1. The first-order valence-corrected chi connectivity index (χ1v) is 8.52. The van der Waals surface area contributed by atoms with E-state index < -0.39 is 39.5 Å². The van der Waals surface area contributed by atoms with Crippen LogP contribution in [0.4, 0.5) is 10.5 Å². The molecule has 1 aliphatic heterocycles. The fourth-order valence-corrected chi connectivity index (χ4v) is 3.25. The maximum Gasteiger partial charge on any atom is 0.328 e. The molecule has 11 heteroatoms. The zero-order valence-electron chi connectivity index (χ0n) is 14.6. The highest BCUT2D eigenvalue weighted by atomic mass is 32.2. The van der Waals surface area contributed by atoms with E-state index in [-0.39, 0.29) is 22.8 Å². The number of imide groups is 1. The average molecular weight is 396 g/mol. The van der Waals surface area contributed by atoms with Gasteiger partial charge in [-0.3, -0.25) is 24.6 Å². The summed E-state index contributed by atoms with van der Waals surface area (Å²) in [6.45, 7) is 3.14. The normalized spacial score (nSPS) is 16.6. The van der Waals surface area contributed by atoms with Gasteiger partial charge in [0, 0.05) is 6.07 Å². The van der Waals surface area contributed by atoms with Gasteiger partial charge in [-0.05, 0) is 43.3 Å². The summed E-state index contributed by atoms with van der Waals surface area (Å²) in [4.78, 5) is 47.2. The van der Waals surface area contributed by atoms with Crippen LogP contribution in [0.3, 0.4) is 0 Å². The summed E-state index contributed by atoms with van der Waals surface area (Å²) in [6, 6.07) is 1.25. The smallest absolute Gasteiger partial charge is 0.328 e. The molecule has 1 atom stereocenters. The van der Waals surface area contributed by atoms with E-state index in [1.54, 1.807) is 6.92 Å². The van der Waals surface area contributed by atoms with E-state index >= 15 is 0 Å². The summed E-state index contributed by atoms with van der Waals surface area (Å²) >= 11 is 0.588. The molecule has 0 radical (unpaired) electrons. The molecule has 2 amide bonds. The molecule has 0 spiro atoms. The van der Waals surface area contributed by atoms with Crippen molar-refractivity contribution in [1.82, 2.24) is 4.90 Å². The lowest BCUT2D eigenvalue weighted by Crippen LogP contribution is -2.42. The molecule has 0 bridgehead atoms. The number of carbonyl (C=O) groups is 3. The van der Waals surface area contributed by atoms with Gasteiger partial charge in [0.15, 0.2) is 5.75 Å². The minimum atomic E-state index is -1.11. The van der Waals surface area contributed by atoms with Gasteiger partial charge >= 0.3 is 11.7 Å². The first kappa shape index (κ1) is 20.2. The number of methoxy groups -OCH3 is 1. The second kappa shape index (κ2) is 8.08. The minimum Gasteiger partial charge on any atom is -0.500 e. The number of nitro benzene ring substituents is 1. The van der Waals surface area contributed by atoms with Crippen LogP contribution >= 0.6 is 11.8 Å². The molecule has 1 unspecified atom stereocenters. The highest BCUT2D eigenvalue weighted by molar-refractivity contribution is 8.18. The first-order chi connectivity index (χ1) is 12.7. The lowest BCUT2D eigenvalue weighted by Gasteiger charge is -2.18. The first-order valence-electron chi connectivity index (χ1n) is 7.70. The second-order valence-electron chi connectivity index (χ2n) is 5.33. The Morgan fingerprint density at radius 2 is 2.11 bits per heavy atom. The van der Waals surface area contributed by atoms with E-state index in [2.05, 4.69) is 4.74 Å². The third-order valence-electron chi connectivity index (χ3n) is 3.62. The molecule has 1 aromatic rings. The van der Waals surface area contributed by atoms with E-state index in [0.717, 1.165) is 18.1 Å². The van der Waals surface area contributed by atoms with E-state index in [0.29, 0.717) is 11.8 Å². The van der Waals surface area contributed by atoms with Gasteiger partial charge in [-0.15, -0.1) is 0 Å². The number of aromatic hydroxyl groups is 1. The summed E-state index contributed by atoms with van der Waals surface area (Å²) in [5.41, 5.74) is -0.423. The maximum atomic E-state index is 12.5. The molecule has 1 aromatic carbocycles. The van der Waals surface area contributed by atoms with Crippen molar-refractivity contribution in [2.24, 2.45) is 0 Å². The molecule has 0 saturated carbocycles. The summed E-state index contributed by atoms with van der Waals surface area (Å²) in [5.74, 6) is -2.24. The standard InChI is InChI=1S/C16H16N2O8S/c1-4-26-11-6-9(5-10(13(11)19)18(23)24)7-12-14(20)17(16(22)27-12)8(2)15(21)25-3/h5-8,19H,4H2,1-3H3. The number of hydrogen-bond donors (Lipinski definition) is 1. The number of thioether (sulfide) groups is 1.